The third-order valence-corrected chi connectivity index (χ3v) is 25.5. The molecule has 5 aromatic rings. The maximum absolute atomic E-state index is 7.17. The van der Waals surface area contributed by atoms with Gasteiger partial charge in [0.1, 0.15) is 57.5 Å². The Morgan fingerprint density at radius 1 is 0.136 bits per heavy atom. The summed E-state index contributed by atoms with van der Waals surface area (Å²) < 4.78 is 69.7. The first-order chi connectivity index (χ1) is 65.1. The minimum atomic E-state index is 0.594. The number of ether oxygens (including phenoxy) is 10. The third-order valence-electron chi connectivity index (χ3n) is 25.5. The van der Waals surface area contributed by atoms with Crippen molar-refractivity contribution in [3.05, 3.63) is 129 Å². The van der Waals surface area contributed by atoms with E-state index < -0.39 is 0 Å². The minimum absolute atomic E-state index is 0.594. The molecular weight excluding hydrogens is 1630 g/mol. The fraction of sp³-hybridized carbons (Fsp3) is 0.656. The van der Waals surface area contributed by atoms with E-state index in [-0.39, 0.29) is 0 Å². The first-order valence-corrected chi connectivity index (χ1v) is 55.3. The molecular formula is C122H194O10. The van der Waals surface area contributed by atoms with E-state index in [2.05, 4.69) is 192 Å². The van der Waals surface area contributed by atoms with Crippen LogP contribution in [0.25, 0.3) is 60.8 Å². The van der Waals surface area contributed by atoms with Crippen LogP contribution in [0.3, 0.4) is 0 Å². The van der Waals surface area contributed by atoms with E-state index in [9.17, 15) is 0 Å². The van der Waals surface area contributed by atoms with Crippen molar-refractivity contribution in [2.24, 2.45) is 0 Å². The van der Waals surface area contributed by atoms with E-state index in [0.29, 0.717) is 66.1 Å². The summed E-state index contributed by atoms with van der Waals surface area (Å²) in [6.07, 6.45) is 92.3. The Kier molecular flexibility index (Phi) is 69.5. The summed E-state index contributed by atoms with van der Waals surface area (Å²) >= 11 is 0. The molecule has 0 N–H and O–H groups in total. The van der Waals surface area contributed by atoms with Gasteiger partial charge in [0.05, 0.1) is 66.1 Å². The van der Waals surface area contributed by atoms with Crippen LogP contribution in [0.2, 0.25) is 0 Å². The largest absolute Gasteiger partial charge is 0.493 e. The number of benzene rings is 5. The second-order valence-corrected chi connectivity index (χ2v) is 37.5. The van der Waals surface area contributed by atoms with E-state index in [1.165, 1.54) is 257 Å². The quantitative estimate of drug-likeness (QED) is 0.0277. The van der Waals surface area contributed by atoms with Gasteiger partial charge in [-0.2, -0.15) is 0 Å². The number of unbranched alkanes of at least 4 members (excludes halogenated alkanes) is 50. The molecule has 0 unspecified atom stereocenters. The van der Waals surface area contributed by atoms with E-state index in [1.54, 1.807) is 0 Å². The molecule has 0 atom stereocenters. The average molecular weight is 1820 g/mol. The molecule has 0 radical (unpaired) electrons. The Bertz CT molecular complexity index is 3570. The first-order valence-electron chi connectivity index (χ1n) is 55.3. The maximum Gasteiger partial charge on any atom is 0.127 e. The molecule has 0 fully saturated rings. The van der Waals surface area contributed by atoms with Crippen LogP contribution < -0.4 is 47.4 Å². The second-order valence-electron chi connectivity index (χ2n) is 37.5. The fourth-order valence-electron chi connectivity index (χ4n) is 16.9. The number of hydrogen-bond donors (Lipinski definition) is 0. The Balaban J connectivity index is 1.81. The molecule has 0 saturated carbocycles. The van der Waals surface area contributed by atoms with Crippen molar-refractivity contribution in [2.75, 3.05) is 66.1 Å². The lowest BCUT2D eigenvalue weighted by molar-refractivity contribution is 0.295. The zero-order valence-electron chi connectivity index (χ0n) is 86.5. The van der Waals surface area contributed by atoms with E-state index >= 15 is 0 Å². The number of hydrogen-bond acceptors (Lipinski definition) is 10. The second kappa shape index (κ2) is 79.7. The highest BCUT2D eigenvalue weighted by Crippen LogP contribution is 2.41. The van der Waals surface area contributed by atoms with Gasteiger partial charge in [0, 0.05) is 55.6 Å². The van der Waals surface area contributed by atoms with Gasteiger partial charge in [-0.25, -0.2) is 0 Å². The molecule has 742 valence electrons. The number of rotatable bonds is 90. The van der Waals surface area contributed by atoms with Crippen LogP contribution in [0.4, 0.5) is 0 Å². The average Bonchev–Trinajstić information content (AvgIpc) is 0.811. The highest BCUT2D eigenvalue weighted by Gasteiger charge is 2.20. The van der Waals surface area contributed by atoms with E-state index in [0.717, 1.165) is 242 Å². The first kappa shape index (κ1) is 115. The Labute approximate surface area is 810 Å². The SMILES string of the molecule is C=Cc1cc(OCCCCCCCC)c(/C=C/c2cc(OCCCCCCCC)c(/C=C/c3cc(OCCCCCCCC)c(/C=C/c4cc(OCCCCCCCC)c(/C=C/c5cc(OCCCCCCCC)c(C=C)cc5OCCCCCCCC)cc4OCCCCCCCC)cc3OCCCCCCCC)cc2OCCCCCCCC)cc1OCCCCCCCC. The molecule has 0 heterocycles. The van der Waals surface area contributed by atoms with Gasteiger partial charge in [-0.1, -0.05) is 464 Å². The monoisotopic (exact) mass is 1820 g/mol. The van der Waals surface area contributed by atoms with Gasteiger partial charge in [0.25, 0.3) is 0 Å². The molecule has 10 heteroatoms. The van der Waals surface area contributed by atoms with Crippen molar-refractivity contribution in [2.45, 2.75) is 454 Å². The summed E-state index contributed by atoms with van der Waals surface area (Å²) in [5.74, 6) is 8.20. The van der Waals surface area contributed by atoms with E-state index in [4.69, 9.17) is 47.4 Å². The van der Waals surface area contributed by atoms with Crippen molar-refractivity contribution in [3.63, 3.8) is 0 Å². The van der Waals surface area contributed by atoms with Crippen molar-refractivity contribution in [1.82, 2.24) is 0 Å². The zero-order chi connectivity index (χ0) is 94.3. The van der Waals surface area contributed by atoms with Crippen LogP contribution in [0, 0.1) is 0 Å². The predicted octanol–water partition coefficient (Wildman–Crippen LogP) is 39.0. The third kappa shape index (κ3) is 52.0. The summed E-state index contributed by atoms with van der Waals surface area (Å²) in [6, 6.07) is 22.0. The normalized spacial score (nSPS) is 11.7. The minimum Gasteiger partial charge on any atom is -0.493 e. The summed E-state index contributed by atoms with van der Waals surface area (Å²) in [5, 5.41) is 0. The molecule has 132 heavy (non-hydrogen) atoms. The molecule has 5 rings (SSSR count). The molecule has 0 aliphatic carbocycles. The van der Waals surface area contributed by atoms with Gasteiger partial charge >= 0.3 is 0 Å². The Morgan fingerprint density at radius 3 is 0.333 bits per heavy atom. The predicted molar refractivity (Wildman–Crippen MR) is 577 cm³/mol. The summed E-state index contributed by atoms with van der Waals surface area (Å²) in [4.78, 5) is 0. The standard InChI is InChI=1S/C122H194O10/c1-13-25-35-45-55-65-83-123-113-95-105(115(93-103(113)23-11)125-85-67-57-47-37-27-15-3)75-77-107-97-119(129-89-71-61-51-41-31-19-7)109(99-117(107)127-87-69-59-49-39-29-17-5)79-81-111-101-122(132-92-74-64-54-44-34-22-10)112(102-121(111)131-91-73-63-53-43-33-21-9)82-80-110-100-118(128-88-70-60-50-40-30-18-6)108(98-120(110)130-90-72-62-52-42-32-20-8)78-76-106-96-114(124-84-66-56-46-36-26-14-2)104(24-12)94-116(106)126-86-68-58-48-38-28-16-4/h23-24,75-82,93-102H,11-22,25-74,83-92H2,1-10H3/b77-75+,78-76+,81-79+,82-80+. The molecule has 0 aliphatic rings. The molecule has 0 aromatic heterocycles. The summed E-state index contributed by atoms with van der Waals surface area (Å²) in [7, 11) is 0. The van der Waals surface area contributed by atoms with Gasteiger partial charge in [-0.15, -0.1) is 0 Å². The van der Waals surface area contributed by atoms with Gasteiger partial charge in [0.2, 0.25) is 0 Å². The summed E-state index contributed by atoms with van der Waals surface area (Å²) in [5.41, 5.74) is 9.51. The van der Waals surface area contributed by atoms with E-state index in [1.807, 2.05) is 12.2 Å². The highest BCUT2D eigenvalue weighted by atomic mass is 16.5. The van der Waals surface area contributed by atoms with Gasteiger partial charge in [-0.05, 0) is 125 Å². The highest BCUT2D eigenvalue weighted by molar-refractivity contribution is 5.85. The molecule has 0 amide bonds. The molecule has 0 saturated heterocycles. The van der Waals surface area contributed by atoms with Gasteiger partial charge in [-0.3, -0.25) is 0 Å². The molecule has 0 aliphatic heterocycles. The van der Waals surface area contributed by atoms with Gasteiger partial charge in [0.15, 0.2) is 0 Å². The molecule has 10 nitrogen and oxygen atoms in total. The van der Waals surface area contributed by atoms with Crippen molar-refractivity contribution < 1.29 is 47.4 Å². The lowest BCUT2D eigenvalue weighted by Crippen LogP contribution is -2.04. The summed E-state index contributed by atoms with van der Waals surface area (Å²) in [6.45, 7) is 37.6. The van der Waals surface area contributed by atoms with Crippen LogP contribution in [0.1, 0.15) is 510 Å². The smallest absolute Gasteiger partial charge is 0.127 e. The maximum atomic E-state index is 7.17. The van der Waals surface area contributed by atoms with Gasteiger partial charge < -0.3 is 47.4 Å². The molecule has 0 spiro atoms. The molecule has 5 aromatic carbocycles. The van der Waals surface area contributed by atoms with Crippen molar-refractivity contribution in [1.29, 1.82) is 0 Å². The van der Waals surface area contributed by atoms with Crippen LogP contribution >= 0.6 is 0 Å². The zero-order valence-corrected chi connectivity index (χ0v) is 86.5. The van der Waals surface area contributed by atoms with Crippen LogP contribution in [-0.2, 0) is 0 Å². The van der Waals surface area contributed by atoms with Crippen LogP contribution in [-0.4, -0.2) is 66.1 Å². The van der Waals surface area contributed by atoms with Crippen LogP contribution in [0.5, 0.6) is 57.5 Å². The van der Waals surface area contributed by atoms with Crippen molar-refractivity contribution >= 4 is 60.8 Å². The Hall–Kier alpha value is -7.46. The van der Waals surface area contributed by atoms with Crippen molar-refractivity contribution in [3.8, 4) is 57.5 Å². The fourth-order valence-corrected chi connectivity index (χ4v) is 16.9. The molecule has 0 bridgehead atoms. The lowest BCUT2D eigenvalue weighted by atomic mass is 10.0. The topological polar surface area (TPSA) is 92.3 Å². The lowest BCUT2D eigenvalue weighted by Gasteiger charge is -2.18. The Morgan fingerprint density at radius 2 is 0.227 bits per heavy atom. The van der Waals surface area contributed by atoms with Crippen LogP contribution in [0.15, 0.2) is 73.8 Å².